The third-order valence-electron chi connectivity index (χ3n) is 6.05. The van der Waals surface area contributed by atoms with Crippen molar-refractivity contribution in [3.8, 4) is 0 Å². The van der Waals surface area contributed by atoms with E-state index in [4.69, 9.17) is 0 Å². The van der Waals surface area contributed by atoms with Crippen molar-refractivity contribution in [3.63, 3.8) is 0 Å². The molecule has 1 aliphatic heterocycles. The van der Waals surface area contributed by atoms with E-state index in [9.17, 15) is 4.39 Å². The van der Waals surface area contributed by atoms with Crippen LogP contribution in [0.4, 0.5) is 4.39 Å². The van der Waals surface area contributed by atoms with Gasteiger partial charge in [0.1, 0.15) is 10.8 Å². The van der Waals surface area contributed by atoms with E-state index in [1.54, 1.807) is 23.5 Å². The summed E-state index contributed by atoms with van der Waals surface area (Å²) in [7, 11) is 2.24. The van der Waals surface area contributed by atoms with Crippen molar-refractivity contribution in [1.29, 1.82) is 0 Å². The molecule has 0 amide bonds. The van der Waals surface area contributed by atoms with Crippen molar-refractivity contribution in [1.82, 2.24) is 14.8 Å². The summed E-state index contributed by atoms with van der Waals surface area (Å²) < 4.78 is 13.7. The molecule has 2 aliphatic rings. The van der Waals surface area contributed by atoms with Crippen LogP contribution in [0.5, 0.6) is 0 Å². The number of halogens is 1. The van der Waals surface area contributed by atoms with Crippen LogP contribution in [-0.2, 0) is 13.0 Å². The molecule has 1 aliphatic carbocycles. The molecule has 5 heteroatoms. The fraction of sp³-hybridized carbons (Fsp3) is 0.550. The van der Waals surface area contributed by atoms with Crippen LogP contribution in [0.3, 0.4) is 0 Å². The SMILES string of the molecule is CN(Cc1nccs1)[C@H]1CC12CCN(CCc1ccccc1F)CC2. The first kappa shape index (κ1) is 17.1. The van der Waals surface area contributed by atoms with Crippen LogP contribution in [0.25, 0.3) is 0 Å². The van der Waals surface area contributed by atoms with Gasteiger partial charge in [0.2, 0.25) is 0 Å². The van der Waals surface area contributed by atoms with E-state index in [1.807, 2.05) is 18.3 Å². The maximum Gasteiger partial charge on any atom is 0.126 e. The molecule has 1 saturated carbocycles. The normalized spacial score (nSPS) is 22.6. The second kappa shape index (κ2) is 7.14. The Morgan fingerprint density at radius 2 is 2.12 bits per heavy atom. The predicted octanol–water partition coefficient (Wildman–Crippen LogP) is 3.81. The Hall–Kier alpha value is -1.30. The smallest absolute Gasteiger partial charge is 0.126 e. The standard InChI is InChI=1S/C20H26FN3S/c1-23(15-19-22-9-13-25-19)18-14-20(18)7-11-24(12-8-20)10-6-16-4-2-3-5-17(16)21/h2-5,9,13,18H,6-8,10-12,14-15H2,1H3/t18-/m0/s1. The van der Waals surface area contributed by atoms with Crippen molar-refractivity contribution in [2.75, 3.05) is 26.7 Å². The van der Waals surface area contributed by atoms with Crippen LogP contribution in [0.1, 0.15) is 29.8 Å². The lowest BCUT2D eigenvalue weighted by molar-refractivity contribution is 0.146. The van der Waals surface area contributed by atoms with Crippen LogP contribution >= 0.6 is 11.3 Å². The monoisotopic (exact) mass is 359 g/mol. The molecule has 2 heterocycles. The fourth-order valence-electron chi connectivity index (χ4n) is 4.34. The van der Waals surface area contributed by atoms with Gasteiger partial charge in [-0.3, -0.25) is 4.90 Å². The first-order valence-electron chi connectivity index (χ1n) is 9.21. The first-order valence-corrected chi connectivity index (χ1v) is 10.1. The molecule has 1 saturated heterocycles. The topological polar surface area (TPSA) is 19.4 Å². The second-order valence-electron chi connectivity index (χ2n) is 7.61. The van der Waals surface area contributed by atoms with Crippen LogP contribution in [-0.4, -0.2) is 47.5 Å². The Kier molecular flexibility index (Phi) is 4.89. The molecule has 0 bridgehead atoms. The largest absolute Gasteiger partial charge is 0.303 e. The molecule has 25 heavy (non-hydrogen) atoms. The van der Waals surface area contributed by atoms with Crippen molar-refractivity contribution in [2.24, 2.45) is 5.41 Å². The van der Waals surface area contributed by atoms with Crippen molar-refractivity contribution < 1.29 is 4.39 Å². The quantitative estimate of drug-likeness (QED) is 0.782. The van der Waals surface area contributed by atoms with Crippen molar-refractivity contribution >= 4 is 11.3 Å². The summed E-state index contributed by atoms with van der Waals surface area (Å²) in [6.07, 6.45) is 6.59. The molecule has 1 aromatic carbocycles. The Bertz CT molecular complexity index is 695. The first-order chi connectivity index (χ1) is 12.2. The maximum absolute atomic E-state index is 13.7. The third kappa shape index (κ3) is 3.78. The number of thiazole rings is 1. The summed E-state index contributed by atoms with van der Waals surface area (Å²) in [6, 6.07) is 7.87. The fourth-order valence-corrected chi connectivity index (χ4v) is 5.02. The molecular formula is C20H26FN3S. The zero-order valence-electron chi connectivity index (χ0n) is 14.8. The number of likely N-dealkylation sites (tertiary alicyclic amines) is 1. The van der Waals surface area contributed by atoms with E-state index < -0.39 is 0 Å². The molecule has 0 radical (unpaired) electrons. The van der Waals surface area contributed by atoms with Gasteiger partial charge in [-0.1, -0.05) is 18.2 Å². The Morgan fingerprint density at radius 3 is 2.84 bits per heavy atom. The summed E-state index contributed by atoms with van der Waals surface area (Å²) in [4.78, 5) is 9.41. The Labute approximate surface area is 153 Å². The minimum absolute atomic E-state index is 0.0675. The number of hydrogen-bond acceptors (Lipinski definition) is 4. The van der Waals surface area contributed by atoms with Crippen molar-refractivity contribution in [3.05, 3.63) is 52.2 Å². The van der Waals surface area contributed by atoms with Gasteiger partial charge in [0.25, 0.3) is 0 Å². The van der Waals surface area contributed by atoms with Gasteiger partial charge < -0.3 is 4.90 Å². The highest BCUT2D eigenvalue weighted by atomic mass is 32.1. The zero-order chi connectivity index (χ0) is 17.3. The molecule has 0 N–H and O–H groups in total. The average molecular weight is 360 g/mol. The Balaban J connectivity index is 1.24. The lowest BCUT2D eigenvalue weighted by atomic mass is 9.92. The molecule has 134 valence electrons. The van der Waals surface area contributed by atoms with Gasteiger partial charge >= 0.3 is 0 Å². The minimum atomic E-state index is -0.0675. The van der Waals surface area contributed by atoms with Gasteiger partial charge in [-0.05, 0) is 62.9 Å². The summed E-state index contributed by atoms with van der Waals surface area (Å²) in [5, 5.41) is 3.27. The van der Waals surface area contributed by atoms with Crippen LogP contribution in [0, 0.1) is 11.2 Å². The molecule has 1 atom stereocenters. The van der Waals surface area contributed by atoms with E-state index in [2.05, 4.69) is 27.2 Å². The molecular weight excluding hydrogens is 333 g/mol. The number of piperidine rings is 1. The zero-order valence-corrected chi connectivity index (χ0v) is 15.6. The van der Waals surface area contributed by atoms with Gasteiger partial charge in [-0.2, -0.15) is 0 Å². The average Bonchev–Trinajstić information content (AvgIpc) is 3.07. The highest BCUT2D eigenvalue weighted by Gasteiger charge is 2.56. The molecule has 0 unspecified atom stereocenters. The van der Waals surface area contributed by atoms with Crippen LogP contribution in [0.2, 0.25) is 0 Å². The summed E-state index contributed by atoms with van der Waals surface area (Å²) >= 11 is 1.75. The number of benzene rings is 1. The number of aromatic nitrogens is 1. The summed E-state index contributed by atoms with van der Waals surface area (Å²) in [6.45, 7) is 4.24. The number of rotatable bonds is 6. The van der Waals surface area contributed by atoms with Gasteiger partial charge in [-0.15, -0.1) is 11.3 Å². The van der Waals surface area contributed by atoms with E-state index in [0.717, 1.165) is 38.2 Å². The van der Waals surface area contributed by atoms with Gasteiger partial charge in [0, 0.05) is 24.2 Å². The predicted molar refractivity (Wildman–Crippen MR) is 100 cm³/mol. The maximum atomic E-state index is 13.7. The van der Waals surface area contributed by atoms with Gasteiger partial charge in [0.15, 0.2) is 0 Å². The van der Waals surface area contributed by atoms with Crippen LogP contribution in [0.15, 0.2) is 35.8 Å². The van der Waals surface area contributed by atoms with E-state index in [1.165, 1.54) is 24.3 Å². The molecule has 2 fully saturated rings. The second-order valence-corrected chi connectivity index (χ2v) is 8.59. The summed E-state index contributed by atoms with van der Waals surface area (Å²) in [5.41, 5.74) is 1.37. The highest BCUT2D eigenvalue weighted by molar-refractivity contribution is 7.09. The minimum Gasteiger partial charge on any atom is -0.303 e. The molecule has 2 aromatic rings. The summed E-state index contributed by atoms with van der Waals surface area (Å²) in [5.74, 6) is -0.0675. The Morgan fingerprint density at radius 1 is 1.32 bits per heavy atom. The molecule has 4 rings (SSSR count). The van der Waals surface area contributed by atoms with E-state index in [0.29, 0.717) is 11.5 Å². The van der Waals surface area contributed by atoms with Gasteiger partial charge in [-0.25, -0.2) is 9.37 Å². The molecule has 1 spiro atoms. The third-order valence-corrected chi connectivity index (χ3v) is 6.82. The van der Waals surface area contributed by atoms with Crippen LogP contribution < -0.4 is 0 Å². The van der Waals surface area contributed by atoms with Crippen molar-refractivity contribution in [2.45, 2.75) is 38.3 Å². The lowest BCUT2D eigenvalue weighted by Gasteiger charge is -2.34. The van der Waals surface area contributed by atoms with E-state index >= 15 is 0 Å². The van der Waals surface area contributed by atoms with E-state index in [-0.39, 0.29) is 5.82 Å². The molecule has 1 aromatic heterocycles. The highest BCUT2D eigenvalue weighted by Crippen LogP contribution is 2.56. The van der Waals surface area contributed by atoms with Gasteiger partial charge in [0.05, 0.1) is 6.54 Å². The number of hydrogen-bond donors (Lipinski definition) is 0. The molecule has 3 nitrogen and oxygen atoms in total. The lowest BCUT2D eigenvalue weighted by Crippen LogP contribution is -2.38. The number of nitrogens with zero attached hydrogens (tertiary/aromatic N) is 3.